The number of carbonyl (C=O) groups is 2. The number of primary amides is 1. The summed E-state index contributed by atoms with van der Waals surface area (Å²) in [6.07, 6.45) is 8.42. The van der Waals surface area contributed by atoms with Crippen molar-refractivity contribution in [3.63, 3.8) is 0 Å². The molecular formula is C21H26N2O3. The third kappa shape index (κ3) is 2.79. The van der Waals surface area contributed by atoms with Crippen LogP contribution in [0.3, 0.4) is 0 Å². The minimum absolute atomic E-state index is 0.192. The van der Waals surface area contributed by atoms with Gasteiger partial charge in [0.25, 0.3) is 0 Å². The molecule has 138 valence electrons. The standard InChI is InChI=1S/C21H26N2O3/c1-21-13-16(15-9-5-6-10-17(15)26-21)18(19(22)24)20(25)23(21)12-11-14-7-3-2-4-8-14/h5-7,9-10,16,18H,2-4,8,11-13H2,1H3,(H2,22,24). The van der Waals surface area contributed by atoms with Crippen molar-refractivity contribution in [1.82, 2.24) is 4.90 Å². The van der Waals surface area contributed by atoms with E-state index in [1.54, 1.807) is 4.90 Å². The molecule has 0 radical (unpaired) electrons. The van der Waals surface area contributed by atoms with Gasteiger partial charge in [-0.05, 0) is 50.7 Å². The number of rotatable bonds is 4. The molecule has 5 heteroatoms. The monoisotopic (exact) mass is 354 g/mol. The highest BCUT2D eigenvalue weighted by Gasteiger charge is 2.55. The van der Waals surface area contributed by atoms with E-state index in [0.29, 0.717) is 13.0 Å². The molecule has 1 aliphatic carbocycles. The molecule has 2 amide bonds. The number of piperidine rings is 1. The number of carbonyl (C=O) groups excluding carboxylic acids is 2. The molecule has 5 nitrogen and oxygen atoms in total. The van der Waals surface area contributed by atoms with E-state index in [4.69, 9.17) is 10.5 Å². The zero-order chi connectivity index (χ0) is 18.3. The van der Waals surface area contributed by atoms with E-state index in [0.717, 1.165) is 30.6 Å². The fourth-order valence-corrected chi connectivity index (χ4v) is 4.77. The first-order valence-electron chi connectivity index (χ1n) is 9.56. The maximum Gasteiger partial charge on any atom is 0.238 e. The molecule has 26 heavy (non-hydrogen) atoms. The lowest BCUT2D eigenvalue weighted by Gasteiger charge is -2.52. The molecule has 1 saturated heterocycles. The predicted molar refractivity (Wildman–Crippen MR) is 98.4 cm³/mol. The van der Waals surface area contributed by atoms with Gasteiger partial charge in [0.05, 0.1) is 0 Å². The zero-order valence-corrected chi connectivity index (χ0v) is 15.2. The number of benzene rings is 1. The number of hydrogen-bond acceptors (Lipinski definition) is 3. The Balaban J connectivity index is 1.66. The Morgan fingerprint density at radius 2 is 2.15 bits per heavy atom. The Labute approximate surface area is 154 Å². The summed E-state index contributed by atoms with van der Waals surface area (Å²) in [5, 5.41) is 0. The molecule has 3 aliphatic rings. The lowest BCUT2D eigenvalue weighted by Crippen LogP contribution is -2.64. The van der Waals surface area contributed by atoms with Crippen molar-refractivity contribution in [1.29, 1.82) is 0 Å². The maximum atomic E-state index is 13.2. The van der Waals surface area contributed by atoms with Crippen LogP contribution in [0, 0.1) is 5.92 Å². The van der Waals surface area contributed by atoms with Crippen LogP contribution < -0.4 is 10.5 Å². The number of hydrogen-bond donors (Lipinski definition) is 1. The molecule has 2 bridgehead atoms. The van der Waals surface area contributed by atoms with Gasteiger partial charge in [-0.2, -0.15) is 0 Å². The SMILES string of the molecule is CC12CC(c3ccccc3O1)C(C(N)=O)C(=O)N2CCC1=CCCCC1. The van der Waals surface area contributed by atoms with Crippen LogP contribution >= 0.6 is 0 Å². The summed E-state index contributed by atoms with van der Waals surface area (Å²) in [6, 6.07) is 7.68. The van der Waals surface area contributed by atoms with Crippen molar-refractivity contribution in [2.75, 3.05) is 6.54 Å². The van der Waals surface area contributed by atoms with E-state index in [-0.39, 0.29) is 11.8 Å². The Morgan fingerprint density at radius 1 is 1.35 bits per heavy atom. The average molecular weight is 354 g/mol. The first kappa shape index (κ1) is 17.1. The minimum Gasteiger partial charge on any atom is -0.468 e. The van der Waals surface area contributed by atoms with E-state index in [1.165, 1.54) is 18.4 Å². The molecule has 1 aromatic rings. The summed E-state index contributed by atoms with van der Waals surface area (Å²) in [4.78, 5) is 27.1. The fraction of sp³-hybridized carbons (Fsp3) is 0.524. The predicted octanol–water partition coefficient (Wildman–Crippen LogP) is 3.10. The molecule has 2 N–H and O–H groups in total. The zero-order valence-electron chi connectivity index (χ0n) is 15.2. The number of amides is 2. The molecule has 3 unspecified atom stereocenters. The van der Waals surface area contributed by atoms with Crippen LogP contribution in [0.4, 0.5) is 0 Å². The van der Waals surface area contributed by atoms with Crippen molar-refractivity contribution in [2.45, 2.75) is 57.1 Å². The maximum absolute atomic E-state index is 13.2. The highest BCUT2D eigenvalue weighted by molar-refractivity contribution is 6.01. The fourth-order valence-electron chi connectivity index (χ4n) is 4.77. The molecule has 0 aromatic heterocycles. The normalized spacial score (nSPS) is 30.3. The number of ether oxygens (including phenoxy) is 1. The number of para-hydroxylation sites is 1. The van der Waals surface area contributed by atoms with Gasteiger partial charge in [0.2, 0.25) is 11.8 Å². The van der Waals surface area contributed by atoms with Crippen LogP contribution in [0.2, 0.25) is 0 Å². The van der Waals surface area contributed by atoms with Crippen LogP contribution in [0.25, 0.3) is 0 Å². The number of nitrogens with zero attached hydrogens (tertiary/aromatic N) is 1. The third-order valence-electron chi connectivity index (χ3n) is 6.10. The molecule has 4 rings (SSSR count). The Hall–Kier alpha value is -2.30. The first-order chi connectivity index (χ1) is 12.5. The van der Waals surface area contributed by atoms with Crippen molar-refractivity contribution in [3.8, 4) is 5.75 Å². The van der Waals surface area contributed by atoms with Gasteiger partial charge in [0.15, 0.2) is 5.72 Å². The van der Waals surface area contributed by atoms with Crippen LogP contribution in [0.5, 0.6) is 5.75 Å². The second kappa shape index (κ2) is 6.45. The Bertz CT molecular complexity index is 772. The Morgan fingerprint density at radius 3 is 2.88 bits per heavy atom. The first-order valence-corrected chi connectivity index (χ1v) is 9.56. The van der Waals surface area contributed by atoms with Gasteiger partial charge < -0.3 is 15.4 Å². The van der Waals surface area contributed by atoms with Gasteiger partial charge in [0, 0.05) is 18.9 Å². The second-order valence-electron chi connectivity index (χ2n) is 7.85. The number of likely N-dealkylation sites (tertiary alicyclic amines) is 1. The minimum atomic E-state index is -0.812. The molecule has 0 spiro atoms. The van der Waals surface area contributed by atoms with Crippen LogP contribution in [0.1, 0.15) is 56.9 Å². The van der Waals surface area contributed by atoms with E-state index < -0.39 is 17.6 Å². The highest BCUT2D eigenvalue weighted by atomic mass is 16.5. The van der Waals surface area contributed by atoms with Crippen molar-refractivity contribution >= 4 is 11.8 Å². The van der Waals surface area contributed by atoms with Crippen LogP contribution in [-0.4, -0.2) is 29.0 Å². The smallest absolute Gasteiger partial charge is 0.238 e. The van der Waals surface area contributed by atoms with Gasteiger partial charge in [-0.25, -0.2) is 0 Å². The molecular weight excluding hydrogens is 328 g/mol. The van der Waals surface area contributed by atoms with Crippen molar-refractivity contribution < 1.29 is 14.3 Å². The Kier molecular flexibility index (Phi) is 4.25. The topological polar surface area (TPSA) is 72.6 Å². The number of allylic oxidation sites excluding steroid dienone is 1. The summed E-state index contributed by atoms with van der Waals surface area (Å²) in [6.45, 7) is 2.53. The average Bonchev–Trinajstić information content (AvgIpc) is 2.61. The molecule has 1 aromatic carbocycles. The van der Waals surface area contributed by atoms with E-state index in [2.05, 4.69) is 6.08 Å². The van der Waals surface area contributed by atoms with E-state index in [9.17, 15) is 9.59 Å². The second-order valence-corrected chi connectivity index (χ2v) is 7.85. The van der Waals surface area contributed by atoms with Gasteiger partial charge in [-0.15, -0.1) is 0 Å². The van der Waals surface area contributed by atoms with Gasteiger partial charge >= 0.3 is 0 Å². The highest BCUT2D eigenvalue weighted by Crippen LogP contribution is 2.50. The quantitative estimate of drug-likeness (QED) is 0.667. The van der Waals surface area contributed by atoms with Crippen molar-refractivity contribution in [3.05, 3.63) is 41.5 Å². The van der Waals surface area contributed by atoms with Crippen LogP contribution in [0.15, 0.2) is 35.9 Å². The molecule has 2 heterocycles. The lowest BCUT2D eigenvalue weighted by atomic mass is 9.73. The van der Waals surface area contributed by atoms with Gasteiger partial charge in [-0.1, -0.05) is 29.8 Å². The lowest BCUT2D eigenvalue weighted by molar-refractivity contribution is -0.175. The van der Waals surface area contributed by atoms with Crippen LogP contribution in [-0.2, 0) is 9.59 Å². The molecule has 0 saturated carbocycles. The number of fused-ring (bicyclic) bond motifs is 4. The summed E-state index contributed by atoms with van der Waals surface area (Å²) in [5.41, 5.74) is 7.25. The van der Waals surface area contributed by atoms with E-state index >= 15 is 0 Å². The molecule has 3 atom stereocenters. The van der Waals surface area contributed by atoms with Gasteiger partial charge in [-0.3, -0.25) is 9.59 Å². The molecule has 2 aliphatic heterocycles. The summed E-state index contributed by atoms with van der Waals surface area (Å²) >= 11 is 0. The molecule has 1 fully saturated rings. The summed E-state index contributed by atoms with van der Waals surface area (Å²) in [7, 11) is 0. The summed E-state index contributed by atoms with van der Waals surface area (Å²) in [5.74, 6) is -0.997. The summed E-state index contributed by atoms with van der Waals surface area (Å²) < 4.78 is 6.27. The number of nitrogens with two attached hydrogens (primary N) is 1. The third-order valence-corrected chi connectivity index (χ3v) is 6.10. The largest absolute Gasteiger partial charge is 0.468 e. The van der Waals surface area contributed by atoms with Gasteiger partial charge in [0.1, 0.15) is 11.7 Å². The van der Waals surface area contributed by atoms with E-state index in [1.807, 2.05) is 31.2 Å². The van der Waals surface area contributed by atoms with Crippen molar-refractivity contribution in [2.24, 2.45) is 11.7 Å².